The smallest absolute Gasteiger partial charge is 0.413 e. The summed E-state index contributed by atoms with van der Waals surface area (Å²) in [5.74, 6) is 0.293. The van der Waals surface area contributed by atoms with Gasteiger partial charge in [0.25, 0.3) is 0 Å². The molecular formula is C18H29NO3S4. The van der Waals surface area contributed by atoms with E-state index >= 15 is 0 Å². The van der Waals surface area contributed by atoms with Crippen LogP contribution in [0.25, 0.3) is 0 Å². The van der Waals surface area contributed by atoms with E-state index in [1.165, 1.54) is 4.90 Å². The van der Waals surface area contributed by atoms with E-state index in [2.05, 4.69) is 50.5 Å². The fraction of sp³-hybridized carbons (Fsp3) is 0.611. The Morgan fingerprint density at radius 1 is 1.04 bits per heavy atom. The predicted octanol–water partition coefficient (Wildman–Crippen LogP) is 5.21. The van der Waals surface area contributed by atoms with Gasteiger partial charge in [-0.25, -0.2) is 4.79 Å². The van der Waals surface area contributed by atoms with Crippen LogP contribution in [0.5, 0.6) is 5.75 Å². The maximum Gasteiger partial charge on any atom is 0.413 e. The number of nitrogens with zero attached hydrogens (tertiary/aromatic N) is 1. The van der Waals surface area contributed by atoms with Crippen molar-refractivity contribution in [2.45, 2.75) is 68.4 Å². The van der Waals surface area contributed by atoms with Gasteiger partial charge in [0.1, 0.15) is 10.5 Å². The Morgan fingerprint density at radius 3 is 1.77 bits per heavy atom. The third-order valence-electron chi connectivity index (χ3n) is 3.86. The summed E-state index contributed by atoms with van der Waals surface area (Å²) in [6, 6.07) is 3.82. The van der Waals surface area contributed by atoms with E-state index in [9.17, 15) is 9.90 Å². The van der Waals surface area contributed by atoms with Crippen molar-refractivity contribution in [2.75, 3.05) is 0 Å². The molecule has 0 saturated heterocycles. The van der Waals surface area contributed by atoms with Crippen LogP contribution in [0, 0.1) is 0 Å². The molecule has 0 aromatic heterocycles. The number of hydrogen-bond acceptors (Lipinski definition) is 7. The lowest BCUT2D eigenvalue weighted by molar-refractivity contribution is 0.115. The van der Waals surface area contributed by atoms with Gasteiger partial charge in [-0.1, -0.05) is 41.5 Å². The van der Waals surface area contributed by atoms with E-state index in [4.69, 9.17) is 4.74 Å². The zero-order valence-electron chi connectivity index (χ0n) is 16.0. The molecule has 0 atom stereocenters. The van der Waals surface area contributed by atoms with Gasteiger partial charge < -0.3 is 9.84 Å². The third kappa shape index (κ3) is 6.39. The van der Waals surface area contributed by atoms with Crippen LogP contribution in [0.4, 0.5) is 4.79 Å². The molecule has 0 fully saturated rings. The van der Waals surface area contributed by atoms with Crippen molar-refractivity contribution in [3.63, 3.8) is 0 Å². The molecule has 0 radical (unpaired) electrons. The van der Waals surface area contributed by atoms with Crippen LogP contribution < -0.4 is 0 Å². The molecule has 1 rings (SSSR count). The van der Waals surface area contributed by atoms with Gasteiger partial charge in [-0.3, -0.25) is 4.90 Å². The lowest BCUT2D eigenvalue weighted by atomic mass is 9.78. The highest BCUT2D eigenvalue weighted by molar-refractivity contribution is 7.99. The van der Waals surface area contributed by atoms with Crippen LogP contribution >= 0.6 is 50.5 Å². The van der Waals surface area contributed by atoms with Crippen LogP contribution in [-0.4, -0.2) is 25.6 Å². The van der Waals surface area contributed by atoms with E-state index in [0.29, 0.717) is 5.75 Å². The summed E-state index contributed by atoms with van der Waals surface area (Å²) in [5.41, 5.74) is 1.99. The van der Waals surface area contributed by atoms with Crippen molar-refractivity contribution < 1.29 is 14.6 Å². The molecular weight excluding hydrogens is 406 g/mol. The first-order chi connectivity index (χ1) is 11.6. The first-order valence-corrected chi connectivity index (χ1v) is 10.3. The van der Waals surface area contributed by atoms with Crippen LogP contribution in [0.3, 0.4) is 0 Å². The summed E-state index contributed by atoms with van der Waals surface area (Å²) in [6.45, 7) is 12.5. The van der Waals surface area contributed by atoms with E-state index in [1.54, 1.807) is 0 Å². The van der Waals surface area contributed by atoms with Crippen molar-refractivity contribution in [1.82, 2.24) is 4.90 Å². The number of aromatic hydroxyl groups is 1. The Kier molecular flexibility index (Phi) is 8.03. The second kappa shape index (κ2) is 8.80. The third-order valence-corrected chi connectivity index (χ3v) is 4.63. The number of amides is 1. The first kappa shape index (κ1) is 23.7. The van der Waals surface area contributed by atoms with Crippen molar-refractivity contribution in [2.24, 2.45) is 0 Å². The molecule has 26 heavy (non-hydrogen) atoms. The molecule has 1 amide bonds. The average molecular weight is 436 g/mol. The molecule has 1 aromatic carbocycles. The summed E-state index contributed by atoms with van der Waals surface area (Å²) < 4.78 is 3.54. The highest BCUT2D eigenvalue weighted by atomic mass is 32.2. The Bertz CT molecular complexity index is 614. The number of benzene rings is 1. The highest BCUT2D eigenvalue weighted by Crippen LogP contribution is 2.40. The number of ether oxygens (including phenoxy) is 1. The van der Waals surface area contributed by atoms with Crippen LogP contribution in [-0.2, 0) is 22.1 Å². The summed E-state index contributed by atoms with van der Waals surface area (Å²) in [7, 11) is 0. The summed E-state index contributed by atoms with van der Waals surface area (Å²) in [5, 5.41) is 10.8. The molecule has 0 heterocycles. The van der Waals surface area contributed by atoms with E-state index in [0.717, 1.165) is 16.7 Å². The van der Waals surface area contributed by atoms with E-state index in [-0.39, 0.29) is 17.4 Å². The number of rotatable bonds is 4. The van der Waals surface area contributed by atoms with Gasteiger partial charge in [-0.15, -0.1) is 50.5 Å². The summed E-state index contributed by atoms with van der Waals surface area (Å²) in [6.07, 6.45) is -0.613. The van der Waals surface area contributed by atoms with Gasteiger partial charge in [-0.05, 0) is 39.7 Å². The quantitative estimate of drug-likeness (QED) is 0.333. The predicted molar refractivity (Wildman–Crippen MR) is 121 cm³/mol. The van der Waals surface area contributed by atoms with Gasteiger partial charge in [0.2, 0.25) is 0 Å². The molecule has 1 N–H and O–H groups in total. The Hall–Kier alpha value is -0.310. The Morgan fingerprint density at radius 2 is 1.46 bits per heavy atom. The lowest BCUT2D eigenvalue weighted by Crippen LogP contribution is -2.35. The maximum atomic E-state index is 12.3. The fourth-order valence-corrected chi connectivity index (χ4v) is 3.06. The molecule has 148 valence electrons. The zero-order valence-corrected chi connectivity index (χ0v) is 19.6. The molecule has 0 aliphatic heterocycles. The van der Waals surface area contributed by atoms with Crippen molar-refractivity contribution in [1.29, 1.82) is 0 Å². The first-order valence-electron chi connectivity index (χ1n) is 8.21. The number of hydrogen-bond donors (Lipinski definition) is 5. The minimum Gasteiger partial charge on any atom is -0.507 e. The molecule has 1 aromatic rings. The van der Waals surface area contributed by atoms with Crippen molar-refractivity contribution in [3.8, 4) is 5.75 Å². The summed E-state index contributed by atoms with van der Waals surface area (Å²) in [4.78, 5) is 13.6. The van der Waals surface area contributed by atoms with Crippen LogP contribution in [0.15, 0.2) is 12.1 Å². The average Bonchev–Trinajstić information content (AvgIpc) is 2.42. The molecule has 0 aliphatic rings. The maximum absolute atomic E-state index is 12.3. The van der Waals surface area contributed by atoms with Gasteiger partial charge >= 0.3 is 6.09 Å². The van der Waals surface area contributed by atoms with Gasteiger partial charge in [-0.2, -0.15) is 0 Å². The SMILES string of the molecule is CC(C)(C)c1cc(CN(C(=O)OC(S)S)C(S)S)cc(C(C)(C)C)c1O. The topological polar surface area (TPSA) is 49.8 Å². The Labute approximate surface area is 178 Å². The Balaban J connectivity index is 3.40. The van der Waals surface area contributed by atoms with Gasteiger partial charge in [0.15, 0.2) is 4.77 Å². The largest absolute Gasteiger partial charge is 0.507 e. The lowest BCUT2D eigenvalue weighted by Gasteiger charge is -2.30. The molecule has 0 saturated carbocycles. The summed E-state index contributed by atoms with van der Waals surface area (Å²) >= 11 is 16.4. The zero-order chi connectivity index (χ0) is 20.4. The van der Waals surface area contributed by atoms with Crippen molar-refractivity contribution >= 4 is 56.6 Å². The molecule has 0 aliphatic carbocycles. The number of thiol groups is 4. The number of phenolic OH excluding ortho intramolecular Hbond substituents is 1. The standard InChI is InChI=1S/C18H29NO3S4/c1-17(2,3)11-7-10(8-12(13(11)20)18(4,5)6)9-19(15(23)24)14(21)22-16(25)26/h7-8,15-16,20,23-26H,9H2,1-6H3. The minimum atomic E-state index is -0.833. The number of carbonyl (C=O) groups is 1. The molecule has 4 nitrogen and oxygen atoms in total. The van der Waals surface area contributed by atoms with E-state index in [1.807, 2.05) is 53.7 Å². The minimum absolute atomic E-state index is 0.233. The molecule has 0 spiro atoms. The second-order valence-corrected chi connectivity index (χ2v) is 11.0. The van der Waals surface area contributed by atoms with Crippen LogP contribution in [0.1, 0.15) is 58.2 Å². The van der Waals surface area contributed by atoms with Crippen molar-refractivity contribution in [3.05, 3.63) is 28.8 Å². The second-order valence-electron chi connectivity index (χ2n) is 8.22. The highest BCUT2D eigenvalue weighted by Gasteiger charge is 2.28. The normalized spacial score (nSPS) is 12.6. The molecule has 0 unspecified atom stereocenters. The van der Waals surface area contributed by atoms with Gasteiger partial charge in [0.05, 0.1) is 6.54 Å². The van der Waals surface area contributed by atoms with Gasteiger partial charge in [0, 0.05) is 0 Å². The number of carbonyl (C=O) groups excluding carboxylic acids is 1. The van der Waals surface area contributed by atoms with Crippen LogP contribution in [0.2, 0.25) is 0 Å². The molecule has 0 bridgehead atoms. The fourth-order valence-electron chi connectivity index (χ4n) is 2.52. The van der Waals surface area contributed by atoms with E-state index < -0.39 is 15.6 Å². The molecule has 8 heteroatoms. The monoisotopic (exact) mass is 435 g/mol. The number of phenols is 1.